The van der Waals surface area contributed by atoms with Gasteiger partial charge in [-0.1, -0.05) is 48.2 Å². The predicted molar refractivity (Wildman–Crippen MR) is 97.1 cm³/mol. The number of hydrogen-bond acceptors (Lipinski definition) is 4. The van der Waals surface area contributed by atoms with Crippen LogP contribution in [-0.4, -0.2) is 26.3 Å². The highest BCUT2D eigenvalue weighted by Gasteiger charge is 2.17. The first-order chi connectivity index (χ1) is 12.6. The molecule has 0 radical (unpaired) electrons. The Kier molecular flexibility index (Phi) is 5.58. The molecule has 3 aromatic rings. The summed E-state index contributed by atoms with van der Waals surface area (Å²) >= 11 is 1.12. The van der Waals surface area contributed by atoms with E-state index in [0.29, 0.717) is 17.5 Å². The molecule has 0 unspecified atom stereocenters. The first-order valence-corrected chi connectivity index (χ1v) is 8.79. The number of halogens is 2. The Morgan fingerprint density at radius 1 is 1.15 bits per heavy atom. The summed E-state index contributed by atoms with van der Waals surface area (Å²) in [6.45, 7) is 4.19. The topological polar surface area (TPSA) is 47.8 Å². The van der Waals surface area contributed by atoms with Crippen LogP contribution in [0.1, 0.15) is 10.4 Å². The Balaban J connectivity index is 1.82. The minimum Gasteiger partial charge on any atom is -0.298 e. The van der Waals surface area contributed by atoms with E-state index in [4.69, 9.17) is 0 Å². The Bertz CT molecular complexity index is 941. The van der Waals surface area contributed by atoms with Gasteiger partial charge in [0.2, 0.25) is 0 Å². The van der Waals surface area contributed by atoms with Crippen LogP contribution in [0.25, 0.3) is 11.4 Å². The van der Waals surface area contributed by atoms with Gasteiger partial charge in [-0.3, -0.25) is 9.36 Å². The van der Waals surface area contributed by atoms with Crippen LogP contribution in [0.5, 0.6) is 0 Å². The summed E-state index contributed by atoms with van der Waals surface area (Å²) in [6.07, 6.45) is 1.70. The highest BCUT2D eigenvalue weighted by Crippen LogP contribution is 2.25. The zero-order chi connectivity index (χ0) is 18.5. The maximum atomic E-state index is 13.7. The fraction of sp³-hybridized carbons (Fsp3) is 0.105. The van der Waals surface area contributed by atoms with E-state index in [-0.39, 0.29) is 11.3 Å². The number of carbonyl (C=O) groups is 1. The highest BCUT2D eigenvalue weighted by atomic mass is 32.2. The molecule has 1 heterocycles. The molecule has 2 aromatic carbocycles. The predicted octanol–water partition coefficient (Wildman–Crippen LogP) is 4.38. The summed E-state index contributed by atoms with van der Waals surface area (Å²) in [5.74, 6) is -1.33. The van der Waals surface area contributed by atoms with Crippen molar-refractivity contribution in [1.29, 1.82) is 0 Å². The summed E-state index contributed by atoms with van der Waals surface area (Å²) in [7, 11) is 0. The molecule has 0 fully saturated rings. The van der Waals surface area contributed by atoms with Gasteiger partial charge in [0.25, 0.3) is 0 Å². The van der Waals surface area contributed by atoms with Gasteiger partial charge in [0.1, 0.15) is 11.6 Å². The van der Waals surface area contributed by atoms with E-state index < -0.39 is 17.4 Å². The van der Waals surface area contributed by atoms with Gasteiger partial charge in [0.15, 0.2) is 16.8 Å². The second-order valence-electron chi connectivity index (χ2n) is 5.41. The van der Waals surface area contributed by atoms with Gasteiger partial charge in [0.05, 0.1) is 11.3 Å². The van der Waals surface area contributed by atoms with Crippen LogP contribution in [0.15, 0.2) is 66.3 Å². The SMILES string of the molecule is C=CCn1c(SCC(=O)c2cc(F)ccc2F)nnc1-c1ccccc1. The lowest BCUT2D eigenvalue weighted by Gasteiger charge is -2.07. The normalized spacial score (nSPS) is 10.7. The van der Waals surface area contributed by atoms with E-state index in [0.717, 1.165) is 35.5 Å². The molecular formula is C19H15F2N3OS. The number of rotatable bonds is 7. The number of hydrogen-bond donors (Lipinski definition) is 0. The number of aromatic nitrogens is 3. The van der Waals surface area contributed by atoms with Crippen molar-refractivity contribution >= 4 is 17.5 Å². The second-order valence-corrected chi connectivity index (χ2v) is 6.35. The van der Waals surface area contributed by atoms with Crippen LogP contribution < -0.4 is 0 Å². The maximum Gasteiger partial charge on any atom is 0.192 e. The molecule has 3 rings (SSSR count). The lowest BCUT2D eigenvalue weighted by atomic mass is 10.1. The molecule has 0 saturated carbocycles. The van der Waals surface area contributed by atoms with Crippen molar-refractivity contribution < 1.29 is 13.6 Å². The molecule has 0 spiro atoms. The zero-order valence-electron chi connectivity index (χ0n) is 13.7. The number of carbonyl (C=O) groups excluding carboxylic acids is 1. The lowest BCUT2D eigenvalue weighted by Crippen LogP contribution is -2.08. The maximum absolute atomic E-state index is 13.7. The molecule has 26 heavy (non-hydrogen) atoms. The van der Waals surface area contributed by atoms with E-state index in [1.54, 1.807) is 6.08 Å². The average Bonchev–Trinajstić information content (AvgIpc) is 3.05. The highest BCUT2D eigenvalue weighted by molar-refractivity contribution is 7.99. The third-order valence-electron chi connectivity index (χ3n) is 3.62. The Hall–Kier alpha value is -2.80. The molecule has 1 aromatic heterocycles. The van der Waals surface area contributed by atoms with Gasteiger partial charge in [-0.25, -0.2) is 8.78 Å². The van der Waals surface area contributed by atoms with Gasteiger partial charge in [0, 0.05) is 12.1 Å². The first kappa shape index (κ1) is 18.0. The number of nitrogens with zero attached hydrogens (tertiary/aromatic N) is 3. The van der Waals surface area contributed by atoms with Crippen molar-refractivity contribution in [1.82, 2.24) is 14.8 Å². The van der Waals surface area contributed by atoms with Crippen LogP contribution in [0.3, 0.4) is 0 Å². The fourth-order valence-corrected chi connectivity index (χ4v) is 3.24. The third kappa shape index (κ3) is 3.88. The largest absolute Gasteiger partial charge is 0.298 e. The molecule has 0 bridgehead atoms. The fourth-order valence-electron chi connectivity index (χ4n) is 2.41. The van der Waals surface area contributed by atoms with Crippen molar-refractivity contribution in [3.8, 4) is 11.4 Å². The molecule has 0 aliphatic rings. The molecule has 4 nitrogen and oxygen atoms in total. The molecule has 0 atom stereocenters. The minimum absolute atomic E-state index is 0.0789. The summed E-state index contributed by atoms with van der Waals surface area (Å²) in [4.78, 5) is 12.2. The Labute approximate surface area is 153 Å². The molecule has 0 amide bonds. The van der Waals surface area contributed by atoms with Gasteiger partial charge >= 0.3 is 0 Å². The van der Waals surface area contributed by atoms with Crippen molar-refractivity contribution in [3.63, 3.8) is 0 Å². The molecule has 7 heteroatoms. The molecule has 0 aliphatic carbocycles. The summed E-state index contributed by atoms with van der Waals surface area (Å²) < 4.78 is 28.8. The second kappa shape index (κ2) is 8.05. The van der Waals surface area contributed by atoms with E-state index in [1.165, 1.54) is 0 Å². The first-order valence-electron chi connectivity index (χ1n) is 7.80. The summed E-state index contributed by atoms with van der Waals surface area (Å²) in [5, 5.41) is 8.82. The number of Topliss-reactive ketones (excluding diaryl/α,β-unsaturated/α-hetero) is 1. The summed E-state index contributed by atoms with van der Waals surface area (Å²) in [5.41, 5.74) is 0.617. The molecular weight excluding hydrogens is 356 g/mol. The average molecular weight is 371 g/mol. The Morgan fingerprint density at radius 2 is 1.92 bits per heavy atom. The van der Waals surface area contributed by atoms with E-state index in [1.807, 2.05) is 34.9 Å². The minimum atomic E-state index is -0.741. The van der Waals surface area contributed by atoms with Crippen LogP contribution in [0.2, 0.25) is 0 Å². The van der Waals surface area contributed by atoms with Crippen LogP contribution in [0.4, 0.5) is 8.78 Å². The number of ketones is 1. The Morgan fingerprint density at radius 3 is 2.65 bits per heavy atom. The van der Waals surface area contributed by atoms with E-state index >= 15 is 0 Å². The van der Waals surface area contributed by atoms with Gasteiger partial charge in [-0.05, 0) is 18.2 Å². The molecule has 0 saturated heterocycles. The molecule has 132 valence electrons. The lowest BCUT2D eigenvalue weighted by molar-refractivity contribution is 0.101. The van der Waals surface area contributed by atoms with Gasteiger partial charge in [-0.2, -0.15) is 0 Å². The number of thioether (sulfide) groups is 1. The van der Waals surface area contributed by atoms with Crippen LogP contribution in [-0.2, 0) is 6.54 Å². The van der Waals surface area contributed by atoms with Crippen LogP contribution in [0, 0.1) is 11.6 Å². The summed E-state index contributed by atoms with van der Waals surface area (Å²) in [6, 6.07) is 12.3. The van der Waals surface area contributed by atoms with Crippen molar-refractivity contribution in [3.05, 3.63) is 78.4 Å². The zero-order valence-corrected chi connectivity index (χ0v) is 14.5. The number of benzene rings is 2. The van der Waals surface area contributed by atoms with Crippen molar-refractivity contribution in [2.24, 2.45) is 0 Å². The van der Waals surface area contributed by atoms with Crippen molar-refractivity contribution in [2.75, 3.05) is 5.75 Å². The quantitative estimate of drug-likeness (QED) is 0.351. The standard InChI is InChI=1S/C19H15F2N3OS/c1-2-10-24-18(13-6-4-3-5-7-13)22-23-19(24)26-12-17(25)15-11-14(20)8-9-16(15)21/h2-9,11H,1,10,12H2. The van der Waals surface area contributed by atoms with Crippen molar-refractivity contribution in [2.45, 2.75) is 11.7 Å². The van der Waals surface area contributed by atoms with Gasteiger partial charge in [-0.15, -0.1) is 16.8 Å². The van der Waals surface area contributed by atoms with E-state index in [9.17, 15) is 13.6 Å². The molecule has 0 aliphatic heterocycles. The smallest absolute Gasteiger partial charge is 0.192 e. The third-order valence-corrected chi connectivity index (χ3v) is 4.59. The van der Waals surface area contributed by atoms with E-state index in [2.05, 4.69) is 16.8 Å². The molecule has 0 N–H and O–H groups in total. The van der Waals surface area contributed by atoms with Crippen LogP contribution >= 0.6 is 11.8 Å². The van der Waals surface area contributed by atoms with Gasteiger partial charge < -0.3 is 0 Å². The monoisotopic (exact) mass is 371 g/mol. The number of allylic oxidation sites excluding steroid dienone is 1.